The van der Waals surface area contributed by atoms with Gasteiger partial charge in [-0.05, 0) is 55.4 Å². The van der Waals surface area contributed by atoms with Gasteiger partial charge in [0.25, 0.3) is 0 Å². The molecule has 1 aromatic heterocycles. The van der Waals surface area contributed by atoms with Crippen LogP contribution in [0.5, 0.6) is 0 Å². The van der Waals surface area contributed by atoms with Gasteiger partial charge in [-0.1, -0.05) is 13.0 Å². The number of hydrogen-bond acceptors (Lipinski definition) is 3. The fourth-order valence-corrected chi connectivity index (χ4v) is 4.02. The van der Waals surface area contributed by atoms with Crippen LogP contribution in [0.4, 0.5) is 0 Å². The first-order valence-corrected chi connectivity index (χ1v) is 10.3. The fraction of sp³-hybridized carbons (Fsp3) is 0.737. The highest BCUT2D eigenvalue weighted by Crippen LogP contribution is 2.34. The van der Waals surface area contributed by atoms with E-state index in [2.05, 4.69) is 45.0 Å². The van der Waals surface area contributed by atoms with Gasteiger partial charge < -0.3 is 10.6 Å². The molecule has 0 radical (unpaired) electrons. The molecule has 2 fully saturated rings. The van der Waals surface area contributed by atoms with Gasteiger partial charge in [-0.2, -0.15) is 0 Å². The van der Waals surface area contributed by atoms with Gasteiger partial charge in [0.15, 0.2) is 5.96 Å². The molecule has 0 bridgehead atoms. The molecular weight excluding hydrogens is 316 g/mol. The molecule has 2 aliphatic rings. The lowest BCUT2D eigenvalue weighted by Gasteiger charge is -2.23. The highest BCUT2D eigenvalue weighted by Gasteiger charge is 2.33. The summed E-state index contributed by atoms with van der Waals surface area (Å²) in [5, 5.41) is 9.12. The molecule has 0 aromatic carbocycles. The van der Waals surface area contributed by atoms with E-state index in [0.717, 1.165) is 44.0 Å². The molecular formula is C19H32N4S. The molecule has 0 amide bonds. The Hall–Kier alpha value is -1.07. The standard InChI is InChI=1S/C19H32N4S/c1-15(12-18-4-3-11-24-18)13-22-19(20-2)21-9-10-23(17-7-8-17)14-16-5-6-16/h3-4,11,15-17H,5-10,12-14H2,1-2H3,(H2,20,21,22). The van der Waals surface area contributed by atoms with E-state index in [4.69, 9.17) is 0 Å². The van der Waals surface area contributed by atoms with Crippen molar-refractivity contribution in [3.63, 3.8) is 0 Å². The van der Waals surface area contributed by atoms with E-state index in [1.165, 1.54) is 37.1 Å². The second kappa shape index (κ2) is 8.86. The Labute approximate surface area is 150 Å². The van der Waals surface area contributed by atoms with E-state index in [1.807, 2.05) is 18.4 Å². The quantitative estimate of drug-likeness (QED) is 0.504. The SMILES string of the molecule is CN=C(NCCN(CC1CC1)C1CC1)NCC(C)Cc1cccs1. The van der Waals surface area contributed by atoms with Gasteiger partial charge >= 0.3 is 0 Å². The molecule has 0 spiro atoms. The first-order chi connectivity index (χ1) is 11.7. The first kappa shape index (κ1) is 17.7. The molecule has 2 saturated carbocycles. The maximum atomic E-state index is 4.37. The van der Waals surface area contributed by atoms with Gasteiger partial charge in [0.1, 0.15) is 0 Å². The minimum atomic E-state index is 0.611. The van der Waals surface area contributed by atoms with Crippen LogP contribution in [0, 0.1) is 11.8 Å². The van der Waals surface area contributed by atoms with Crippen molar-refractivity contribution >= 4 is 17.3 Å². The number of thiophene rings is 1. The van der Waals surface area contributed by atoms with Crippen molar-refractivity contribution in [2.75, 3.05) is 33.2 Å². The molecule has 0 aliphatic heterocycles. The Bertz CT molecular complexity index is 505. The van der Waals surface area contributed by atoms with Crippen molar-refractivity contribution in [3.05, 3.63) is 22.4 Å². The molecule has 1 heterocycles. The zero-order chi connectivity index (χ0) is 16.8. The van der Waals surface area contributed by atoms with Crippen molar-refractivity contribution in [1.29, 1.82) is 0 Å². The van der Waals surface area contributed by atoms with Gasteiger partial charge in [0, 0.05) is 44.1 Å². The van der Waals surface area contributed by atoms with Crippen LogP contribution in [0.3, 0.4) is 0 Å². The van der Waals surface area contributed by atoms with E-state index in [0.29, 0.717) is 5.92 Å². The molecule has 134 valence electrons. The van der Waals surface area contributed by atoms with Crippen LogP contribution in [0.1, 0.15) is 37.5 Å². The van der Waals surface area contributed by atoms with Gasteiger partial charge in [-0.3, -0.25) is 9.89 Å². The average molecular weight is 349 g/mol. The summed E-state index contributed by atoms with van der Waals surface area (Å²) in [6.07, 6.45) is 6.84. The number of nitrogens with one attached hydrogen (secondary N) is 2. The molecule has 0 saturated heterocycles. The Morgan fingerprint density at radius 3 is 2.79 bits per heavy atom. The predicted octanol–water partition coefficient (Wildman–Crippen LogP) is 2.97. The van der Waals surface area contributed by atoms with Gasteiger partial charge in [0.2, 0.25) is 0 Å². The lowest BCUT2D eigenvalue weighted by molar-refractivity contribution is 0.256. The smallest absolute Gasteiger partial charge is 0.191 e. The summed E-state index contributed by atoms with van der Waals surface area (Å²) in [5.41, 5.74) is 0. The molecule has 2 N–H and O–H groups in total. The second-order valence-electron chi connectivity index (χ2n) is 7.44. The summed E-state index contributed by atoms with van der Waals surface area (Å²) in [5.74, 6) is 2.54. The average Bonchev–Trinajstić information content (AvgIpc) is 3.50. The Morgan fingerprint density at radius 2 is 2.17 bits per heavy atom. The summed E-state index contributed by atoms with van der Waals surface area (Å²) < 4.78 is 0. The third-order valence-electron chi connectivity index (χ3n) is 4.92. The van der Waals surface area contributed by atoms with Crippen LogP contribution in [0.15, 0.2) is 22.5 Å². The lowest BCUT2D eigenvalue weighted by atomic mass is 10.1. The number of guanidine groups is 1. The van der Waals surface area contributed by atoms with E-state index in [1.54, 1.807) is 0 Å². The van der Waals surface area contributed by atoms with E-state index >= 15 is 0 Å². The van der Waals surface area contributed by atoms with E-state index in [-0.39, 0.29) is 0 Å². The zero-order valence-corrected chi connectivity index (χ0v) is 15.9. The van der Waals surface area contributed by atoms with Crippen LogP contribution in [0.2, 0.25) is 0 Å². The van der Waals surface area contributed by atoms with Crippen LogP contribution < -0.4 is 10.6 Å². The number of rotatable bonds is 10. The summed E-state index contributed by atoms with van der Waals surface area (Å²) in [6.45, 7) is 6.71. The highest BCUT2D eigenvalue weighted by molar-refractivity contribution is 7.09. The number of nitrogens with zero attached hydrogens (tertiary/aromatic N) is 2. The van der Waals surface area contributed by atoms with E-state index < -0.39 is 0 Å². The molecule has 3 rings (SSSR count). The molecule has 1 unspecified atom stereocenters. The summed E-state index contributed by atoms with van der Waals surface area (Å²) in [6, 6.07) is 5.22. The van der Waals surface area contributed by atoms with Gasteiger partial charge in [-0.25, -0.2) is 0 Å². The number of hydrogen-bond donors (Lipinski definition) is 2. The monoisotopic (exact) mass is 348 g/mol. The van der Waals surface area contributed by atoms with Crippen LogP contribution in [-0.4, -0.2) is 50.1 Å². The van der Waals surface area contributed by atoms with Gasteiger partial charge in [0.05, 0.1) is 0 Å². The van der Waals surface area contributed by atoms with Crippen molar-refractivity contribution in [2.45, 2.75) is 45.1 Å². The highest BCUT2D eigenvalue weighted by atomic mass is 32.1. The Kier molecular flexibility index (Phi) is 6.55. The molecule has 2 aliphatic carbocycles. The summed E-state index contributed by atoms with van der Waals surface area (Å²) in [4.78, 5) is 8.52. The van der Waals surface area contributed by atoms with Crippen molar-refractivity contribution in [1.82, 2.24) is 15.5 Å². The maximum Gasteiger partial charge on any atom is 0.191 e. The van der Waals surface area contributed by atoms with Crippen LogP contribution in [0.25, 0.3) is 0 Å². The maximum absolute atomic E-state index is 4.37. The van der Waals surface area contributed by atoms with Crippen LogP contribution in [-0.2, 0) is 6.42 Å². The zero-order valence-electron chi connectivity index (χ0n) is 15.1. The van der Waals surface area contributed by atoms with Crippen molar-refractivity contribution in [3.8, 4) is 0 Å². The predicted molar refractivity (Wildman–Crippen MR) is 104 cm³/mol. The lowest BCUT2D eigenvalue weighted by Crippen LogP contribution is -2.43. The third kappa shape index (κ3) is 6.10. The Morgan fingerprint density at radius 1 is 1.33 bits per heavy atom. The minimum absolute atomic E-state index is 0.611. The fourth-order valence-electron chi connectivity index (χ4n) is 3.15. The molecule has 1 atom stereocenters. The molecule has 5 heteroatoms. The summed E-state index contributed by atoms with van der Waals surface area (Å²) >= 11 is 1.85. The first-order valence-electron chi connectivity index (χ1n) is 9.45. The number of aliphatic imine (C=N–C) groups is 1. The topological polar surface area (TPSA) is 39.7 Å². The second-order valence-corrected chi connectivity index (χ2v) is 8.47. The largest absolute Gasteiger partial charge is 0.356 e. The third-order valence-corrected chi connectivity index (χ3v) is 5.81. The van der Waals surface area contributed by atoms with E-state index in [9.17, 15) is 0 Å². The van der Waals surface area contributed by atoms with Crippen molar-refractivity contribution < 1.29 is 0 Å². The van der Waals surface area contributed by atoms with Gasteiger partial charge in [-0.15, -0.1) is 11.3 Å². The minimum Gasteiger partial charge on any atom is -0.356 e. The Balaban J connectivity index is 1.32. The van der Waals surface area contributed by atoms with Crippen molar-refractivity contribution in [2.24, 2.45) is 16.8 Å². The molecule has 24 heavy (non-hydrogen) atoms. The summed E-state index contributed by atoms with van der Waals surface area (Å²) in [7, 11) is 1.86. The normalized spacial score (nSPS) is 19.5. The molecule has 4 nitrogen and oxygen atoms in total. The molecule has 1 aromatic rings. The van der Waals surface area contributed by atoms with Crippen LogP contribution >= 0.6 is 11.3 Å².